The molecule has 4 aromatic rings. The van der Waals surface area contributed by atoms with Gasteiger partial charge in [-0.3, -0.25) is 4.98 Å². The minimum absolute atomic E-state index is 0.223. The molecule has 0 amide bonds. The topological polar surface area (TPSA) is 89.9 Å². The molecule has 1 saturated carbocycles. The zero-order valence-corrected chi connectivity index (χ0v) is 16.6. The first-order valence-electron chi connectivity index (χ1n) is 10.1. The van der Waals surface area contributed by atoms with Crippen molar-refractivity contribution in [1.29, 1.82) is 0 Å². The number of halogens is 2. The van der Waals surface area contributed by atoms with Gasteiger partial charge in [-0.05, 0) is 49.1 Å². The molecule has 0 aliphatic heterocycles. The molecule has 6 nitrogen and oxygen atoms in total. The normalized spacial score (nSPS) is 19.5. The van der Waals surface area contributed by atoms with Gasteiger partial charge in [0.25, 0.3) is 6.43 Å². The van der Waals surface area contributed by atoms with E-state index in [1.807, 2.05) is 36.4 Å². The third-order valence-corrected chi connectivity index (χ3v) is 5.83. The van der Waals surface area contributed by atoms with Crippen LogP contribution in [0, 0.1) is 5.92 Å². The molecule has 0 bridgehead atoms. The lowest BCUT2D eigenvalue weighted by Gasteiger charge is -2.35. The van der Waals surface area contributed by atoms with E-state index in [4.69, 9.17) is 10.7 Å². The van der Waals surface area contributed by atoms with E-state index in [0.717, 1.165) is 27.9 Å². The number of nitrogens with two attached hydrogens (primary N) is 1. The Morgan fingerprint density at radius 3 is 2.55 bits per heavy atom. The van der Waals surface area contributed by atoms with Crippen molar-refractivity contribution in [2.24, 2.45) is 11.7 Å². The largest absolute Gasteiger partial charge is 0.393 e. The zero-order valence-electron chi connectivity index (χ0n) is 16.6. The molecule has 158 valence electrons. The number of hydrogen-bond donors (Lipinski definition) is 2. The van der Waals surface area contributed by atoms with Crippen molar-refractivity contribution in [1.82, 2.24) is 19.7 Å². The molecule has 1 aliphatic carbocycles. The maximum Gasteiger partial charge on any atom is 0.280 e. The summed E-state index contributed by atoms with van der Waals surface area (Å²) >= 11 is 0. The van der Waals surface area contributed by atoms with E-state index in [1.165, 1.54) is 6.07 Å². The van der Waals surface area contributed by atoms with Crippen LogP contribution in [0.15, 0.2) is 60.8 Å². The highest BCUT2D eigenvalue weighted by Gasteiger charge is 2.33. The van der Waals surface area contributed by atoms with Gasteiger partial charge in [-0.1, -0.05) is 24.3 Å². The third-order valence-electron chi connectivity index (χ3n) is 5.83. The number of pyridine rings is 2. The SMILES string of the molecule is N[C@H](c1cccc(-c2ccc3cnn(-c4cccc(C(F)F)n4)c3c2)n1)C1CC(O)C1. The second kappa shape index (κ2) is 7.79. The van der Waals surface area contributed by atoms with Crippen LogP contribution in [-0.4, -0.2) is 31.0 Å². The molecule has 3 N–H and O–H groups in total. The molecular formula is C23H21F2N5O. The van der Waals surface area contributed by atoms with Gasteiger partial charge in [0.15, 0.2) is 5.82 Å². The van der Waals surface area contributed by atoms with E-state index >= 15 is 0 Å². The summed E-state index contributed by atoms with van der Waals surface area (Å²) in [5.41, 5.74) is 9.23. The first kappa shape index (κ1) is 19.7. The van der Waals surface area contributed by atoms with Gasteiger partial charge < -0.3 is 10.8 Å². The zero-order chi connectivity index (χ0) is 21.5. The van der Waals surface area contributed by atoms with Gasteiger partial charge in [-0.15, -0.1) is 0 Å². The van der Waals surface area contributed by atoms with Crippen LogP contribution in [0.1, 0.15) is 36.7 Å². The van der Waals surface area contributed by atoms with Crippen molar-refractivity contribution < 1.29 is 13.9 Å². The fraction of sp³-hybridized carbons (Fsp3) is 0.261. The number of hydrogen-bond acceptors (Lipinski definition) is 5. The number of aliphatic hydroxyl groups excluding tert-OH is 1. The Morgan fingerprint density at radius 2 is 1.77 bits per heavy atom. The van der Waals surface area contributed by atoms with Gasteiger partial charge in [0, 0.05) is 10.9 Å². The van der Waals surface area contributed by atoms with Crippen LogP contribution >= 0.6 is 0 Å². The molecule has 3 aromatic heterocycles. The number of nitrogens with zero attached hydrogens (tertiary/aromatic N) is 4. The summed E-state index contributed by atoms with van der Waals surface area (Å²) in [5.74, 6) is 0.562. The lowest BCUT2D eigenvalue weighted by Crippen LogP contribution is -2.36. The van der Waals surface area contributed by atoms with Crippen molar-refractivity contribution in [3.63, 3.8) is 0 Å². The molecular weight excluding hydrogens is 400 g/mol. The molecule has 8 heteroatoms. The highest BCUT2D eigenvalue weighted by molar-refractivity contribution is 5.84. The summed E-state index contributed by atoms with van der Waals surface area (Å²) in [7, 11) is 0. The van der Waals surface area contributed by atoms with E-state index in [9.17, 15) is 13.9 Å². The lowest BCUT2D eigenvalue weighted by molar-refractivity contribution is 0.0302. The number of alkyl halides is 2. The molecule has 0 radical (unpaired) electrons. The number of aliphatic hydroxyl groups is 1. The summed E-state index contributed by atoms with van der Waals surface area (Å²) in [6, 6.07) is 15.8. The average Bonchev–Trinajstić information content (AvgIpc) is 3.20. The molecule has 1 fully saturated rings. The monoisotopic (exact) mass is 421 g/mol. The van der Waals surface area contributed by atoms with Crippen LogP contribution in [-0.2, 0) is 0 Å². The summed E-state index contributed by atoms with van der Waals surface area (Å²) in [6.45, 7) is 0. The van der Waals surface area contributed by atoms with Crippen LogP contribution < -0.4 is 5.73 Å². The van der Waals surface area contributed by atoms with E-state index in [0.29, 0.717) is 18.7 Å². The van der Waals surface area contributed by atoms with E-state index in [2.05, 4.69) is 10.1 Å². The fourth-order valence-electron chi connectivity index (χ4n) is 4.00. The van der Waals surface area contributed by atoms with Gasteiger partial charge in [0.05, 0.1) is 35.2 Å². The van der Waals surface area contributed by atoms with Crippen molar-refractivity contribution in [2.45, 2.75) is 31.4 Å². The second-order valence-electron chi connectivity index (χ2n) is 7.91. The third kappa shape index (κ3) is 3.68. The van der Waals surface area contributed by atoms with Gasteiger partial charge in [-0.2, -0.15) is 5.10 Å². The maximum absolute atomic E-state index is 13.1. The Kier molecular flexibility index (Phi) is 4.95. The van der Waals surface area contributed by atoms with Gasteiger partial charge in [-0.25, -0.2) is 18.4 Å². The number of rotatable bonds is 5. The summed E-state index contributed by atoms with van der Waals surface area (Å²) in [4.78, 5) is 8.79. The average molecular weight is 421 g/mol. The van der Waals surface area contributed by atoms with Crippen LogP contribution in [0.2, 0.25) is 0 Å². The molecule has 1 atom stereocenters. The quantitative estimate of drug-likeness (QED) is 0.504. The Balaban J connectivity index is 1.51. The van der Waals surface area contributed by atoms with Crippen LogP contribution in [0.5, 0.6) is 0 Å². The number of fused-ring (bicyclic) bond motifs is 1. The molecule has 5 rings (SSSR count). The number of benzene rings is 1. The second-order valence-corrected chi connectivity index (χ2v) is 7.91. The Hall–Kier alpha value is -3.23. The molecule has 0 saturated heterocycles. The van der Waals surface area contributed by atoms with Gasteiger partial charge in [0.1, 0.15) is 5.69 Å². The molecule has 31 heavy (non-hydrogen) atoms. The summed E-state index contributed by atoms with van der Waals surface area (Å²) in [6.07, 6.45) is 0.160. The first-order valence-corrected chi connectivity index (χ1v) is 10.1. The van der Waals surface area contributed by atoms with E-state index in [-0.39, 0.29) is 23.8 Å². The highest BCUT2D eigenvalue weighted by Crippen LogP contribution is 2.36. The molecule has 1 aliphatic rings. The van der Waals surface area contributed by atoms with Crippen molar-refractivity contribution >= 4 is 10.9 Å². The smallest absolute Gasteiger partial charge is 0.280 e. The maximum atomic E-state index is 13.1. The molecule has 0 spiro atoms. The Morgan fingerprint density at radius 1 is 1.00 bits per heavy atom. The van der Waals surface area contributed by atoms with Crippen molar-refractivity contribution in [3.05, 3.63) is 72.2 Å². The van der Waals surface area contributed by atoms with Crippen LogP contribution in [0.3, 0.4) is 0 Å². The molecule has 1 aromatic carbocycles. The molecule has 3 heterocycles. The predicted octanol–water partition coefficient (Wildman–Crippen LogP) is 4.19. The minimum atomic E-state index is -2.65. The fourth-order valence-corrected chi connectivity index (χ4v) is 4.00. The summed E-state index contributed by atoms with van der Waals surface area (Å²) in [5, 5.41) is 14.8. The van der Waals surface area contributed by atoms with E-state index in [1.54, 1.807) is 23.0 Å². The predicted molar refractivity (Wildman–Crippen MR) is 113 cm³/mol. The Labute approximate surface area is 177 Å². The first-order chi connectivity index (χ1) is 15.0. The van der Waals surface area contributed by atoms with Crippen molar-refractivity contribution in [3.8, 4) is 17.1 Å². The highest BCUT2D eigenvalue weighted by atomic mass is 19.3. The molecule has 0 unspecified atom stereocenters. The summed E-state index contributed by atoms with van der Waals surface area (Å²) < 4.78 is 27.7. The van der Waals surface area contributed by atoms with Crippen molar-refractivity contribution in [2.75, 3.05) is 0 Å². The standard InChI is InChI=1S/C23H21F2N5O/c24-23(25)19-5-2-6-21(29-19)30-20-11-13(7-8-14(20)12-27-30)17-3-1-4-18(28-17)22(26)15-9-16(31)10-15/h1-8,11-12,15-16,22-23,31H,9-10,26H2/t15?,16?,22-/m0/s1. The van der Waals surface area contributed by atoms with Crippen LogP contribution in [0.4, 0.5) is 8.78 Å². The van der Waals surface area contributed by atoms with E-state index < -0.39 is 6.43 Å². The van der Waals surface area contributed by atoms with Gasteiger partial charge in [0.2, 0.25) is 0 Å². The Bertz CT molecular complexity index is 1240. The lowest BCUT2D eigenvalue weighted by atomic mass is 9.76. The number of aromatic nitrogens is 4. The van der Waals surface area contributed by atoms with Gasteiger partial charge >= 0.3 is 0 Å². The van der Waals surface area contributed by atoms with Crippen LogP contribution in [0.25, 0.3) is 28.0 Å². The minimum Gasteiger partial charge on any atom is -0.393 e.